The van der Waals surface area contributed by atoms with E-state index in [2.05, 4.69) is 27.4 Å². The lowest BCUT2D eigenvalue weighted by atomic mass is 10.3. The van der Waals surface area contributed by atoms with Gasteiger partial charge in [-0.1, -0.05) is 6.92 Å². The SMILES string of the molecule is CCC(CO)OC(O)COC(=O)OCCC(=O)NCCS. The molecule has 0 aliphatic heterocycles. The molecule has 2 unspecified atom stereocenters. The minimum Gasteiger partial charge on any atom is -0.434 e. The number of rotatable bonds is 11. The van der Waals surface area contributed by atoms with Crippen LogP contribution in [0.5, 0.6) is 0 Å². The lowest BCUT2D eigenvalue weighted by Gasteiger charge is -2.18. The van der Waals surface area contributed by atoms with Crippen LogP contribution < -0.4 is 5.32 Å². The first kappa shape index (κ1) is 20.0. The Morgan fingerprint density at radius 1 is 1.33 bits per heavy atom. The van der Waals surface area contributed by atoms with Crippen molar-refractivity contribution < 1.29 is 34.0 Å². The Balaban J connectivity index is 3.68. The van der Waals surface area contributed by atoms with E-state index in [0.29, 0.717) is 18.7 Å². The summed E-state index contributed by atoms with van der Waals surface area (Å²) in [5.74, 6) is 0.271. The Kier molecular flexibility index (Phi) is 12.1. The molecule has 0 spiro atoms. The Bertz CT molecular complexity index is 299. The molecule has 0 heterocycles. The van der Waals surface area contributed by atoms with Crippen LogP contribution in [-0.4, -0.2) is 66.8 Å². The molecule has 0 bridgehead atoms. The molecular weight excluding hydrogens is 302 g/mol. The van der Waals surface area contributed by atoms with Crippen LogP contribution in [0.3, 0.4) is 0 Å². The molecule has 2 atom stereocenters. The standard InChI is InChI=1S/C12H23NO7S/c1-2-9(7-14)20-11(16)8-19-12(17)18-5-3-10(15)13-4-6-21/h9,11,14,16,21H,2-8H2,1H3,(H,13,15). The van der Waals surface area contributed by atoms with Gasteiger partial charge in [-0.2, -0.15) is 12.6 Å². The molecule has 0 radical (unpaired) electrons. The molecule has 8 nitrogen and oxygen atoms in total. The molecule has 1 amide bonds. The van der Waals surface area contributed by atoms with Crippen molar-refractivity contribution in [2.45, 2.75) is 32.2 Å². The highest BCUT2D eigenvalue weighted by molar-refractivity contribution is 7.80. The van der Waals surface area contributed by atoms with Gasteiger partial charge in [0, 0.05) is 12.3 Å². The van der Waals surface area contributed by atoms with Crippen LogP contribution in [0.4, 0.5) is 4.79 Å². The van der Waals surface area contributed by atoms with Gasteiger partial charge in [0.1, 0.15) is 13.2 Å². The molecule has 124 valence electrons. The number of aliphatic hydroxyl groups is 2. The number of carbonyl (C=O) groups excluding carboxylic acids is 2. The first-order valence-corrected chi connectivity index (χ1v) is 7.28. The first-order valence-electron chi connectivity index (χ1n) is 6.64. The van der Waals surface area contributed by atoms with Gasteiger partial charge >= 0.3 is 6.16 Å². The number of aliphatic hydroxyl groups excluding tert-OH is 2. The molecular formula is C12H23NO7S. The summed E-state index contributed by atoms with van der Waals surface area (Å²) in [6, 6.07) is 0. The molecule has 9 heteroatoms. The van der Waals surface area contributed by atoms with E-state index < -0.39 is 25.2 Å². The third kappa shape index (κ3) is 11.3. The van der Waals surface area contributed by atoms with Gasteiger partial charge < -0.3 is 29.7 Å². The summed E-state index contributed by atoms with van der Waals surface area (Å²) in [6.45, 7) is 1.45. The molecule has 0 aliphatic carbocycles. The average molecular weight is 325 g/mol. The van der Waals surface area contributed by atoms with Crippen molar-refractivity contribution in [2.24, 2.45) is 0 Å². The molecule has 0 fully saturated rings. The highest BCUT2D eigenvalue weighted by Gasteiger charge is 2.15. The molecule has 0 saturated heterocycles. The van der Waals surface area contributed by atoms with Crippen LogP contribution in [0, 0.1) is 0 Å². The van der Waals surface area contributed by atoms with Gasteiger partial charge in [-0.25, -0.2) is 4.79 Å². The quantitative estimate of drug-likeness (QED) is 0.234. The maximum absolute atomic E-state index is 11.2. The van der Waals surface area contributed by atoms with E-state index >= 15 is 0 Å². The molecule has 0 aromatic heterocycles. The number of hydrogen-bond donors (Lipinski definition) is 4. The second-order valence-electron chi connectivity index (χ2n) is 4.04. The van der Waals surface area contributed by atoms with E-state index in [0.717, 1.165) is 0 Å². The second kappa shape index (κ2) is 12.7. The third-order valence-electron chi connectivity index (χ3n) is 2.34. The average Bonchev–Trinajstić information content (AvgIpc) is 2.48. The van der Waals surface area contributed by atoms with E-state index in [9.17, 15) is 14.7 Å². The van der Waals surface area contributed by atoms with E-state index in [1.807, 2.05) is 0 Å². The van der Waals surface area contributed by atoms with Gasteiger partial charge in [-0.05, 0) is 6.42 Å². The maximum Gasteiger partial charge on any atom is 0.508 e. The van der Waals surface area contributed by atoms with E-state index in [-0.39, 0.29) is 25.5 Å². The summed E-state index contributed by atoms with van der Waals surface area (Å²) in [5.41, 5.74) is 0. The summed E-state index contributed by atoms with van der Waals surface area (Å²) in [6.07, 6.45) is -2.33. The number of carbonyl (C=O) groups is 2. The van der Waals surface area contributed by atoms with Crippen LogP contribution in [0.15, 0.2) is 0 Å². The molecule has 0 aliphatic rings. The maximum atomic E-state index is 11.2. The number of ether oxygens (including phenoxy) is 3. The lowest BCUT2D eigenvalue weighted by molar-refractivity contribution is -0.168. The zero-order valence-corrected chi connectivity index (χ0v) is 12.9. The van der Waals surface area contributed by atoms with E-state index in [4.69, 9.17) is 9.84 Å². The molecule has 0 rings (SSSR count). The third-order valence-corrected chi connectivity index (χ3v) is 2.56. The van der Waals surface area contributed by atoms with Crippen molar-refractivity contribution in [3.05, 3.63) is 0 Å². The van der Waals surface area contributed by atoms with Crippen LogP contribution >= 0.6 is 12.6 Å². The van der Waals surface area contributed by atoms with Crippen LogP contribution in [-0.2, 0) is 19.0 Å². The Labute approximate surface area is 129 Å². The van der Waals surface area contributed by atoms with Gasteiger partial charge in [0.2, 0.25) is 5.91 Å². The van der Waals surface area contributed by atoms with Gasteiger partial charge in [0.25, 0.3) is 0 Å². The fourth-order valence-electron chi connectivity index (χ4n) is 1.22. The molecule has 0 saturated carbocycles. The summed E-state index contributed by atoms with van der Waals surface area (Å²) < 4.78 is 14.2. The van der Waals surface area contributed by atoms with Crippen LogP contribution in [0.2, 0.25) is 0 Å². The summed E-state index contributed by atoms with van der Waals surface area (Å²) in [4.78, 5) is 22.3. The minimum atomic E-state index is -1.34. The van der Waals surface area contributed by atoms with E-state index in [1.54, 1.807) is 6.92 Å². The highest BCUT2D eigenvalue weighted by Crippen LogP contribution is 2.01. The van der Waals surface area contributed by atoms with Crippen molar-refractivity contribution in [1.82, 2.24) is 5.32 Å². The number of amides is 1. The number of nitrogens with one attached hydrogen (secondary N) is 1. The fourth-order valence-corrected chi connectivity index (χ4v) is 1.33. The van der Waals surface area contributed by atoms with Gasteiger partial charge in [-0.3, -0.25) is 4.79 Å². The highest BCUT2D eigenvalue weighted by atomic mass is 32.1. The topological polar surface area (TPSA) is 114 Å². The Morgan fingerprint density at radius 2 is 2.05 bits per heavy atom. The molecule has 0 aromatic carbocycles. The normalized spacial score (nSPS) is 13.3. The summed E-state index contributed by atoms with van der Waals surface area (Å²) in [5, 5.41) is 20.8. The predicted molar refractivity (Wildman–Crippen MR) is 77.0 cm³/mol. The smallest absolute Gasteiger partial charge is 0.434 e. The predicted octanol–water partition coefficient (Wildman–Crippen LogP) is -0.318. The Morgan fingerprint density at radius 3 is 2.62 bits per heavy atom. The second-order valence-corrected chi connectivity index (χ2v) is 4.48. The van der Waals surface area contributed by atoms with Crippen molar-refractivity contribution in [3.63, 3.8) is 0 Å². The first-order chi connectivity index (χ1) is 10.0. The van der Waals surface area contributed by atoms with Crippen LogP contribution in [0.1, 0.15) is 19.8 Å². The Hall–Kier alpha value is -1.03. The minimum absolute atomic E-state index is 0.0182. The van der Waals surface area contributed by atoms with Gasteiger partial charge in [-0.15, -0.1) is 0 Å². The van der Waals surface area contributed by atoms with E-state index in [1.165, 1.54) is 0 Å². The van der Waals surface area contributed by atoms with Crippen molar-refractivity contribution in [2.75, 3.05) is 32.1 Å². The van der Waals surface area contributed by atoms with Crippen LogP contribution in [0.25, 0.3) is 0 Å². The molecule has 0 aromatic rings. The van der Waals surface area contributed by atoms with Crippen molar-refractivity contribution in [1.29, 1.82) is 0 Å². The number of hydrogen-bond acceptors (Lipinski definition) is 8. The van der Waals surface area contributed by atoms with Crippen molar-refractivity contribution >= 4 is 24.7 Å². The summed E-state index contributed by atoms with van der Waals surface area (Å²) in [7, 11) is 0. The number of thiol groups is 1. The van der Waals surface area contributed by atoms with Gasteiger partial charge in [0.15, 0.2) is 6.29 Å². The monoisotopic (exact) mass is 325 g/mol. The lowest BCUT2D eigenvalue weighted by Crippen LogP contribution is -2.29. The molecule has 21 heavy (non-hydrogen) atoms. The summed E-state index contributed by atoms with van der Waals surface area (Å²) >= 11 is 3.93. The zero-order valence-electron chi connectivity index (χ0n) is 12.0. The zero-order chi connectivity index (χ0) is 16.1. The largest absolute Gasteiger partial charge is 0.508 e. The van der Waals surface area contributed by atoms with Gasteiger partial charge in [0.05, 0.1) is 19.1 Å². The molecule has 3 N–H and O–H groups in total. The van der Waals surface area contributed by atoms with Crippen molar-refractivity contribution in [3.8, 4) is 0 Å². The fraction of sp³-hybridized carbons (Fsp3) is 0.833.